The number of halogens is 1. The third kappa shape index (κ3) is 3.31. The quantitative estimate of drug-likeness (QED) is 0.734. The summed E-state index contributed by atoms with van der Waals surface area (Å²) in [5.41, 5.74) is 6.79. The number of allylic oxidation sites excluding steroid dienone is 1. The molecule has 0 bridgehead atoms. The molecule has 0 fully saturated rings. The zero-order chi connectivity index (χ0) is 10.6. The van der Waals surface area contributed by atoms with Gasteiger partial charge in [0.05, 0.1) is 0 Å². The van der Waals surface area contributed by atoms with Gasteiger partial charge in [-0.1, -0.05) is 18.5 Å². The molecule has 1 aliphatic heterocycles. The summed E-state index contributed by atoms with van der Waals surface area (Å²) in [5.74, 6) is 0.779. The van der Waals surface area contributed by atoms with Crippen LogP contribution in [0.1, 0.15) is 33.1 Å². The first-order valence-electron chi connectivity index (χ1n) is 4.94. The van der Waals surface area contributed by atoms with Crippen molar-refractivity contribution in [2.45, 2.75) is 39.2 Å². The minimum atomic E-state index is 0.0824. The molecule has 80 valence electrons. The Kier molecular flexibility index (Phi) is 4.42. The molecule has 0 aromatic heterocycles. The van der Waals surface area contributed by atoms with Crippen molar-refractivity contribution in [2.24, 2.45) is 10.7 Å². The molecule has 4 heteroatoms. The normalized spacial score (nSPS) is 19.3. The number of hydrogen-bond acceptors (Lipinski definition) is 3. The minimum Gasteiger partial charge on any atom is -0.493 e. The van der Waals surface area contributed by atoms with Gasteiger partial charge in [0.25, 0.3) is 0 Å². The zero-order valence-electron chi connectivity index (χ0n) is 8.72. The van der Waals surface area contributed by atoms with Crippen molar-refractivity contribution in [1.82, 2.24) is 0 Å². The van der Waals surface area contributed by atoms with Crippen LogP contribution in [-0.4, -0.2) is 18.4 Å². The van der Waals surface area contributed by atoms with Crippen LogP contribution in [0.3, 0.4) is 0 Å². The molecule has 2 N–H and O–H groups in total. The Labute approximate surface area is 90.0 Å². The number of nitrogens with zero attached hydrogens (tertiary/aromatic N) is 1. The average Bonchev–Trinajstić information content (AvgIpc) is 2.16. The zero-order valence-corrected chi connectivity index (χ0v) is 9.47. The van der Waals surface area contributed by atoms with Gasteiger partial charge in [-0.2, -0.15) is 0 Å². The maximum absolute atomic E-state index is 5.93. The summed E-state index contributed by atoms with van der Waals surface area (Å²) in [6, 6.07) is 0.0824. The molecule has 0 spiro atoms. The van der Waals surface area contributed by atoms with E-state index >= 15 is 0 Å². The monoisotopic (exact) mass is 216 g/mol. The molecule has 0 saturated carbocycles. The van der Waals surface area contributed by atoms with Gasteiger partial charge in [0.1, 0.15) is 12.4 Å². The van der Waals surface area contributed by atoms with Crippen LogP contribution >= 0.6 is 11.6 Å². The molecule has 0 aromatic carbocycles. The molecular weight excluding hydrogens is 200 g/mol. The van der Waals surface area contributed by atoms with Crippen LogP contribution in [0.5, 0.6) is 0 Å². The van der Waals surface area contributed by atoms with Crippen molar-refractivity contribution in [1.29, 1.82) is 0 Å². The second kappa shape index (κ2) is 5.37. The van der Waals surface area contributed by atoms with Crippen molar-refractivity contribution in [3.05, 3.63) is 10.9 Å². The van der Waals surface area contributed by atoms with Crippen molar-refractivity contribution in [3.8, 4) is 0 Å². The molecular formula is C10H17ClN2O. The lowest BCUT2D eigenvalue weighted by Gasteiger charge is -2.17. The molecule has 1 atom stereocenters. The Balaban J connectivity index is 2.48. The summed E-state index contributed by atoms with van der Waals surface area (Å²) in [7, 11) is 0. The molecule has 1 heterocycles. The van der Waals surface area contributed by atoms with E-state index < -0.39 is 0 Å². The number of nitrogens with two attached hydrogens (primary N) is 1. The molecule has 0 aromatic rings. The SMILES string of the molecule is CCC(N)COC1=C(Cl)N=C(C)CC1. The van der Waals surface area contributed by atoms with Gasteiger partial charge in [-0.15, -0.1) is 0 Å². The molecule has 0 aliphatic carbocycles. The first-order valence-corrected chi connectivity index (χ1v) is 5.32. The lowest BCUT2D eigenvalue weighted by atomic mass is 10.1. The van der Waals surface area contributed by atoms with E-state index in [9.17, 15) is 0 Å². The van der Waals surface area contributed by atoms with Crippen molar-refractivity contribution in [3.63, 3.8) is 0 Å². The van der Waals surface area contributed by atoms with E-state index in [0.717, 1.165) is 30.7 Å². The standard InChI is InChI=1S/C10H17ClN2O/c1-3-8(12)6-14-9-5-4-7(2)13-10(9)11/h8H,3-6,12H2,1-2H3. The van der Waals surface area contributed by atoms with Gasteiger partial charge in [0, 0.05) is 18.2 Å². The fraction of sp³-hybridized carbons (Fsp3) is 0.700. The number of ether oxygens (including phenoxy) is 1. The third-order valence-corrected chi connectivity index (χ3v) is 2.52. The molecule has 1 aliphatic rings. The van der Waals surface area contributed by atoms with E-state index in [-0.39, 0.29) is 6.04 Å². The fourth-order valence-electron chi connectivity index (χ4n) is 1.14. The Morgan fingerprint density at radius 2 is 2.29 bits per heavy atom. The van der Waals surface area contributed by atoms with E-state index in [1.54, 1.807) is 0 Å². The maximum atomic E-state index is 5.93. The second-order valence-corrected chi connectivity index (χ2v) is 3.90. The predicted octanol–water partition coefficient (Wildman–Crippen LogP) is 2.40. The second-order valence-electron chi connectivity index (χ2n) is 3.54. The van der Waals surface area contributed by atoms with Gasteiger partial charge in [0.15, 0.2) is 5.16 Å². The van der Waals surface area contributed by atoms with E-state index in [4.69, 9.17) is 22.1 Å². The summed E-state index contributed by atoms with van der Waals surface area (Å²) in [4.78, 5) is 4.16. The van der Waals surface area contributed by atoms with Crippen molar-refractivity contribution in [2.75, 3.05) is 6.61 Å². The first kappa shape index (κ1) is 11.5. The highest BCUT2D eigenvalue weighted by Crippen LogP contribution is 2.23. The Bertz CT molecular complexity index is 261. The van der Waals surface area contributed by atoms with Crippen LogP contribution in [0.2, 0.25) is 0 Å². The number of aliphatic imine (C=N–C) groups is 1. The van der Waals surface area contributed by atoms with Gasteiger partial charge in [-0.3, -0.25) is 0 Å². The van der Waals surface area contributed by atoms with Crippen LogP contribution in [-0.2, 0) is 4.74 Å². The average molecular weight is 217 g/mol. The summed E-state index contributed by atoms with van der Waals surface area (Å²) in [6.07, 6.45) is 2.67. The molecule has 0 amide bonds. The number of hydrogen-bond donors (Lipinski definition) is 1. The fourth-order valence-corrected chi connectivity index (χ4v) is 1.43. The lowest BCUT2D eigenvalue weighted by molar-refractivity contribution is 0.181. The highest BCUT2D eigenvalue weighted by Gasteiger charge is 2.13. The van der Waals surface area contributed by atoms with Crippen molar-refractivity contribution >= 4 is 17.3 Å². The van der Waals surface area contributed by atoms with E-state index in [0.29, 0.717) is 11.8 Å². The molecule has 1 unspecified atom stereocenters. The Morgan fingerprint density at radius 1 is 1.57 bits per heavy atom. The van der Waals surface area contributed by atoms with Crippen LogP contribution in [0.4, 0.5) is 0 Å². The van der Waals surface area contributed by atoms with Gasteiger partial charge < -0.3 is 10.5 Å². The minimum absolute atomic E-state index is 0.0824. The summed E-state index contributed by atoms with van der Waals surface area (Å²) in [6.45, 7) is 4.53. The van der Waals surface area contributed by atoms with Gasteiger partial charge in [-0.25, -0.2) is 4.99 Å². The van der Waals surface area contributed by atoms with E-state index in [1.165, 1.54) is 0 Å². The smallest absolute Gasteiger partial charge is 0.166 e. The van der Waals surface area contributed by atoms with Crippen LogP contribution in [0, 0.1) is 0 Å². The van der Waals surface area contributed by atoms with Crippen LogP contribution in [0.25, 0.3) is 0 Å². The van der Waals surface area contributed by atoms with Gasteiger partial charge in [0.2, 0.25) is 0 Å². The first-order chi connectivity index (χ1) is 6.63. The maximum Gasteiger partial charge on any atom is 0.166 e. The van der Waals surface area contributed by atoms with E-state index in [1.807, 2.05) is 13.8 Å². The summed E-state index contributed by atoms with van der Waals surface area (Å²) in [5, 5.41) is 0.483. The number of rotatable bonds is 4. The predicted molar refractivity (Wildman–Crippen MR) is 59.4 cm³/mol. The molecule has 0 saturated heterocycles. The van der Waals surface area contributed by atoms with E-state index in [2.05, 4.69) is 4.99 Å². The highest BCUT2D eigenvalue weighted by molar-refractivity contribution is 6.30. The summed E-state index contributed by atoms with van der Waals surface area (Å²) < 4.78 is 5.51. The van der Waals surface area contributed by atoms with Crippen LogP contribution < -0.4 is 5.73 Å². The largest absolute Gasteiger partial charge is 0.493 e. The Hall–Kier alpha value is -0.540. The van der Waals surface area contributed by atoms with Gasteiger partial charge >= 0.3 is 0 Å². The highest BCUT2D eigenvalue weighted by atomic mass is 35.5. The third-order valence-electron chi connectivity index (χ3n) is 2.23. The molecule has 0 radical (unpaired) electrons. The van der Waals surface area contributed by atoms with Crippen molar-refractivity contribution < 1.29 is 4.74 Å². The molecule has 14 heavy (non-hydrogen) atoms. The summed E-state index contributed by atoms with van der Waals surface area (Å²) >= 11 is 5.93. The van der Waals surface area contributed by atoms with Crippen LogP contribution in [0.15, 0.2) is 15.9 Å². The van der Waals surface area contributed by atoms with Gasteiger partial charge in [-0.05, 0) is 19.8 Å². The Morgan fingerprint density at radius 3 is 2.86 bits per heavy atom. The molecule has 1 rings (SSSR count). The lowest BCUT2D eigenvalue weighted by Crippen LogP contribution is -2.25. The molecule has 3 nitrogen and oxygen atoms in total. The topological polar surface area (TPSA) is 47.6 Å².